The minimum Gasteiger partial charge on any atom is -0.380 e. The number of methoxy groups -OCH3 is 1. The standard InChI is InChI=1S/C23H27N3O2/c1-28-16-19-7-3-2-6-18(19)14-25-23(27)26-12-10-17(11-13-26)21-15-24-22-9-5-4-8-20(21)22/h2-9,15,17,24H,10-14,16H2,1H3,(H,25,27). The van der Waals surface area contributed by atoms with Gasteiger partial charge in [-0.15, -0.1) is 0 Å². The molecule has 0 radical (unpaired) electrons. The van der Waals surface area contributed by atoms with E-state index in [9.17, 15) is 4.79 Å². The van der Waals surface area contributed by atoms with Gasteiger partial charge in [0.15, 0.2) is 0 Å². The molecule has 2 aromatic carbocycles. The summed E-state index contributed by atoms with van der Waals surface area (Å²) in [6.45, 7) is 2.66. The molecule has 28 heavy (non-hydrogen) atoms. The number of carbonyl (C=O) groups excluding carboxylic acids is 1. The zero-order valence-corrected chi connectivity index (χ0v) is 16.3. The molecule has 0 saturated carbocycles. The van der Waals surface area contributed by atoms with E-state index in [0.717, 1.165) is 37.1 Å². The van der Waals surface area contributed by atoms with Gasteiger partial charge in [0.2, 0.25) is 0 Å². The van der Waals surface area contributed by atoms with Crippen LogP contribution < -0.4 is 5.32 Å². The quantitative estimate of drug-likeness (QED) is 0.692. The van der Waals surface area contributed by atoms with Crippen LogP contribution in [0.5, 0.6) is 0 Å². The van der Waals surface area contributed by atoms with Crippen LogP contribution in [0.4, 0.5) is 4.79 Å². The van der Waals surface area contributed by atoms with E-state index in [1.807, 2.05) is 29.2 Å². The lowest BCUT2D eigenvalue weighted by molar-refractivity contribution is 0.179. The summed E-state index contributed by atoms with van der Waals surface area (Å²) in [5, 5.41) is 4.38. The number of nitrogens with one attached hydrogen (secondary N) is 2. The van der Waals surface area contributed by atoms with Crippen LogP contribution in [0.2, 0.25) is 0 Å². The maximum Gasteiger partial charge on any atom is 0.317 e. The number of hydrogen-bond donors (Lipinski definition) is 2. The first kappa shape index (κ1) is 18.6. The lowest BCUT2D eigenvalue weighted by Crippen LogP contribution is -2.43. The Labute approximate surface area is 165 Å². The fourth-order valence-corrected chi connectivity index (χ4v) is 4.13. The summed E-state index contributed by atoms with van der Waals surface area (Å²) in [7, 11) is 1.69. The molecule has 1 aromatic heterocycles. The molecular weight excluding hydrogens is 350 g/mol. The van der Waals surface area contributed by atoms with Crippen LogP contribution in [0.25, 0.3) is 10.9 Å². The molecule has 0 aliphatic carbocycles. The summed E-state index contributed by atoms with van der Waals surface area (Å²) in [5.41, 5.74) is 4.78. The average Bonchev–Trinajstić information content (AvgIpc) is 3.17. The number of amides is 2. The van der Waals surface area contributed by atoms with Gasteiger partial charge in [-0.3, -0.25) is 0 Å². The Balaban J connectivity index is 1.33. The maximum atomic E-state index is 12.6. The fraction of sp³-hybridized carbons (Fsp3) is 0.348. The van der Waals surface area contributed by atoms with Gasteiger partial charge in [0, 0.05) is 43.8 Å². The molecule has 0 atom stereocenters. The molecule has 1 aliphatic heterocycles. The number of likely N-dealkylation sites (tertiary alicyclic amines) is 1. The Kier molecular flexibility index (Phi) is 5.63. The van der Waals surface area contributed by atoms with E-state index < -0.39 is 0 Å². The number of ether oxygens (including phenoxy) is 1. The summed E-state index contributed by atoms with van der Waals surface area (Å²) in [6, 6.07) is 16.5. The number of para-hydroxylation sites is 1. The van der Waals surface area contributed by atoms with Crippen molar-refractivity contribution in [2.75, 3.05) is 20.2 Å². The van der Waals surface area contributed by atoms with Gasteiger partial charge >= 0.3 is 6.03 Å². The van der Waals surface area contributed by atoms with E-state index in [2.05, 4.69) is 40.8 Å². The van der Waals surface area contributed by atoms with E-state index in [-0.39, 0.29) is 6.03 Å². The second-order valence-electron chi connectivity index (χ2n) is 7.41. The van der Waals surface area contributed by atoms with Gasteiger partial charge in [0.05, 0.1) is 6.61 Å². The smallest absolute Gasteiger partial charge is 0.317 e. The van der Waals surface area contributed by atoms with Gasteiger partial charge in [-0.25, -0.2) is 4.79 Å². The van der Waals surface area contributed by atoms with Gasteiger partial charge in [0.1, 0.15) is 0 Å². The van der Waals surface area contributed by atoms with Gasteiger partial charge in [-0.1, -0.05) is 42.5 Å². The molecule has 2 heterocycles. The fourth-order valence-electron chi connectivity index (χ4n) is 4.13. The molecule has 3 aromatic rings. The second-order valence-corrected chi connectivity index (χ2v) is 7.41. The molecular formula is C23H27N3O2. The molecule has 1 fully saturated rings. The number of H-pyrrole nitrogens is 1. The number of piperidine rings is 1. The topological polar surface area (TPSA) is 57.4 Å². The molecule has 0 spiro atoms. The number of aromatic nitrogens is 1. The normalized spacial score (nSPS) is 15.1. The summed E-state index contributed by atoms with van der Waals surface area (Å²) < 4.78 is 5.24. The number of hydrogen-bond acceptors (Lipinski definition) is 2. The molecule has 146 valence electrons. The van der Waals surface area contributed by atoms with Gasteiger partial charge in [0.25, 0.3) is 0 Å². The highest BCUT2D eigenvalue weighted by molar-refractivity contribution is 5.83. The van der Waals surface area contributed by atoms with Crippen molar-refractivity contribution < 1.29 is 9.53 Å². The first-order valence-electron chi connectivity index (χ1n) is 9.90. The average molecular weight is 377 g/mol. The third-order valence-electron chi connectivity index (χ3n) is 5.69. The maximum absolute atomic E-state index is 12.6. The van der Waals surface area contributed by atoms with Gasteiger partial charge < -0.3 is 19.9 Å². The van der Waals surface area contributed by atoms with Gasteiger partial charge in [-0.05, 0) is 41.5 Å². The second kappa shape index (κ2) is 8.48. The SMILES string of the molecule is COCc1ccccc1CNC(=O)N1CCC(c2c[nH]c3ccccc23)CC1. The molecule has 5 nitrogen and oxygen atoms in total. The Morgan fingerprint density at radius 1 is 1.11 bits per heavy atom. The number of benzene rings is 2. The predicted molar refractivity (Wildman–Crippen MR) is 111 cm³/mol. The lowest BCUT2D eigenvalue weighted by Gasteiger charge is -2.32. The highest BCUT2D eigenvalue weighted by atomic mass is 16.5. The summed E-state index contributed by atoms with van der Waals surface area (Å²) in [4.78, 5) is 17.9. The highest BCUT2D eigenvalue weighted by Crippen LogP contribution is 2.33. The zero-order valence-electron chi connectivity index (χ0n) is 16.3. The van der Waals surface area contributed by atoms with Crippen molar-refractivity contribution in [2.24, 2.45) is 0 Å². The van der Waals surface area contributed by atoms with E-state index in [0.29, 0.717) is 19.1 Å². The Bertz CT molecular complexity index is 942. The monoisotopic (exact) mass is 377 g/mol. The van der Waals surface area contributed by atoms with E-state index in [4.69, 9.17) is 4.74 Å². The van der Waals surface area contributed by atoms with Crippen molar-refractivity contribution in [3.05, 3.63) is 71.4 Å². The van der Waals surface area contributed by atoms with E-state index in [1.54, 1.807) is 7.11 Å². The van der Waals surface area contributed by atoms with Crippen LogP contribution in [0.15, 0.2) is 54.7 Å². The van der Waals surface area contributed by atoms with Crippen LogP contribution in [0, 0.1) is 0 Å². The Hall–Kier alpha value is -2.79. The minimum absolute atomic E-state index is 0.0181. The number of carbonyl (C=O) groups is 1. The summed E-state index contributed by atoms with van der Waals surface area (Å²) >= 11 is 0. The van der Waals surface area contributed by atoms with Crippen LogP contribution in [0.1, 0.15) is 35.4 Å². The molecule has 1 saturated heterocycles. The molecule has 4 rings (SSSR count). The van der Waals surface area contributed by atoms with E-state index >= 15 is 0 Å². The van der Waals surface area contributed by atoms with Crippen LogP contribution in [-0.2, 0) is 17.9 Å². The molecule has 0 bridgehead atoms. The molecule has 2 amide bonds. The number of fused-ring (bicyclic) bond motifs is 1. The summed E-state index contributed by atoms with van der Waals surface area (Å²) in [6.07, 6.45) is 4.13. The number of aromatic amines is 1. The highest BCUT2D eigenvalue weighted by Gasteiger charge is 2.25. The van der Waals surface area contributed by atoms with E-state index in [1.165, 1.54) is 16.5 Å². The van der Waals surface area contributed by atoms with Crippen LogP contribution in [-0.4, -0.2) is 36.1 Å². The third kappa shape index (κ3) is 3.90. The summed E-state index contributed by atoms with van der Waals surface area (Å²) in [5.74, 6) is 0.502. The van der Waals surface area contributed by atoms with Crippen molar-refractivity contribution >= 4 is 16.9 Å². The van der Waals surface area contributed by atoms with Crippen LogP contribution >= 0.6 is 0 Å². The molecule has 0 unspecified atom stereocenters. The minimum atomic E-state index is 0.0181. The van der Waals surface area contributed by atoms with Crippen LogP contribution in [0.3, 0.4) is 0 Å². The largest absolute Gasteiger partial charge is 0.380 e. The van der Waals surface area contributed by atoms with Gasteiger partial charge in [-0.2, -0.15) is 0 Å². The van der Waals surface area contributed by atoms with Crippen molar-refractivity contribution in [1.29, 1.82) is 0 Å². The van der Waals surface area contributed by atoms with Crippen molar-refractivity contribution in [2.45, 2.75) is 31.9 Å². The number of nitrogens with zero attached hydrogens (tertiary/aromatic N) is 1. The Morgan fingerprint density at radius 2 is 1.82 bits per heavy atom. The molecule has 5 heteroatoms. The number of rotatable bonds is 5. The first-order valence-corrected chi connectivity index (χ1v) is 9.90. The zero-order chi connectivity index (χ0) is 19.3. The van der Waals surface area contributed by atoms with Crippen molar-refractivity contribution in [3.8, 4) is 0 Å². The predicted octanol–water partition coefficient (Wildman–Crippen LogP) is 4.40. The Morgan fingerprint density at radius 3 is 2.61 bits per heavy atom. The first-order chi connectivity index (χ1) is 13.8. The third-order valence-corrected chi connectivity index (χ3v) is 5.69. The van der Waals surface area contributed by atoms with Crippen molar-refractivity contribution in [3.63, 3.8) is 0 Å². The molecule has 2 N–H and O–H groups in total. The lowest BCUT2D eigenvalue weighted by atomic mass is 9.89. The molecule has 1 aliphatic rings. The number of urea groups is 1. The van der Waals surface area contributed by atoms with Crippen molar-refractivity contribution in [1.82, 2.24) is 15.2 Å².